The van der Waals surface area contributed by atoms with Gasteiger partial charge in [-0.25, -0.2) is 9.97 Å². The minimum atomic E-state index is -0.217. The molecule has 1 fully saturated rings. The number of para-hydroxylation sites is 1. The van der Waals surface area contributed by atoms with Gasteiger partial charge in [0, 0.05) is 37.1 Å². The molecule has 10 heteroatoms. The molecular weight excluding hydrogens is 506 g/mol. The normalized spacial score (nSPS) is 15.4. The second-order valence-electron chi connectivity index (χ2n) is 9.07. The number of nitrogens with zero attached hydrogens (tertiary/aromatic N) is 3. The lowest BCUT2D eigenvalue weighted by Crippen LogP contribution is -2.39. The summed E-state index contributed by atoms with van der Waals surface area (Å²) >= 11 is 6.07. The van der Waals surface area contributed by atoms with Crippen LogP contribution in [0.5, 0.6) is 5.75 Å². The predicted octanol–water partition coefficient (Wildman–Crippen LogP) is 4.11. The minimum Gasteiger partial charge on any atom is -0.496 e. The number of methoxy groups -OCH3 is 1. The first-order chi connectivity index (χ1) is 18.5. The number of aromatic amines is 1. The fourth-order valence-electron chi connectivity index (χ4n) is 4.50. The first-order valence-electron chi connectivity index (χ1n) is 12.5. The molecule has 2 N–H and O–H groups in total. The van der Waals surface area contributed by atoms with Crippen molar-refractivity contribution < 1.29 is 19.0 Å². The molecule has 1 amide bonds. The second kappa shape index (κ2) is 11.8. The molecule has 2 aromatic carbocycles. The van der Waals surface area contributed by atoms with Crippen LogP contribution in [0.1, 0.15) is 16.2 Å². The van der Waals surface area contributed by atoms with Crippen molar-refractivity contribution in [2.24, 2.45) is 0 Å². The van der Waals surface area contributed by atoms with E-state index in [1.807, 2.05) is 54.4 Å². The van der Waals surface area contributed by atoms with Crippen LogP contribution in [-0.2, 0) is 15.9 Å². The molecule has 1 aliphatic heterocycles. The average molecular weight is 536 g/mol. The summed E-state index contributed by atoms with van der Waals surface area (Å²) in [6.45, 7) is 2.58. The van der Waals surface area contributed by atoms with E-state index in [9.17, 15) is 4.79 Å². The van der Waals surface area contributed by atoms with Crippen molar-refractivity contribution in [2.45, 2.75) is 12.5 Å². The quantitative estimate of drug-likeness (QED) is 0.332. The van der Waals surface area contributed by atoms with Crippen LogP contribution in [0.2, 0.25) is 5.02 Å². The van der Waals surface area contributed by atoms with Crippen molar-refractivity contribution in [2.75, 3.05) is 52.0 Å². The Morgan fingerprint density at radius 2 is 2.05 bits per heavy atom. The molecule has 0 radical (unpaired) electrons. The van der Waals surface area contributed by atoms with Gasteiger partial charge < -0.3 is 29.4 Å². The molecule has 1 atom stereocenters. The van der Waals surface area contributed by atoms with E-state index >= 15 is 0 Å². The van der Waals surface area contributed by atoms with Crippen LogP contribution in [0.4, 0.5) is 5.82 Å². The molecule has 5 rings (SSSR count). The van der Waals surface area contributed by atoms with Gasteiger partial charge in [0.05, 0.1) is 55.3 Å². The SMILES string of the molecule is COc1ccccc1-c1ccc(C(=O)NCCc2nc3ccc(Cl)cc3[nH]2)c(N(C)CC2COCCO2)n1. The molecule has 9 nitrogen and oxygen atoms in total. The standard InChI is InChI=1S/C28H30ClN5O4/c1-34(16-19-17-37-13-14-38-19)27-21(8-10-22(33-27)20-5-3-4-6-25(20)36-2)28(35)30-12-11-26-31-23-9-7-18(29)15-24(23)32-26/h3-10,15,19H,11-14,16-17H2,1-2H3,(H,30,35)(H,31,32). The number of anilines is 1. The third-order valence-electron chi connectivity index (χ3n) is 6.37. The second-order valence-corrected chi connectivity index (χ2v) is 9.50. The molecule has 1 aliphatic rings. The molecule has 1 saturated heterocycles. The third kappa shape index (κ3) is 5.91. The largest absolute Gasteiger partial charge is 0.496 e. The van der Waals surface area contributed by atoms with Gasteiger partial charge in [-0.1, -0.05) is 23.7 Å². The monoisotopic (exact) mass is 535 g/mol. The van der Waals surface area contributed by atoms with Crippen LogP contribution < -0.4 is 15.0 Å². The van der Waals surface area contributed by atoms with Gasteiger partial charge in [0.15, 0.2) is 0 Å². The van der Waals surface area contributed by atoms with Gasteiger partial charge in [-0.15, -0.1) is 0 Å². The Hall–Kier alpha value is -3.66. The number of pyridine rings is 1. The van der Waals surface area contributed by atoms with E-state index in [-0.39, 0.29) is 12.0 Å². The maximum absolute atomic E-state index is 13.3. The lowest BCUT2D eigenvalue weighted by molar-refractivity contribution is -0.0837. The summed E-state index contributed by atoms with van der Waals surface area (Å²) in [6.07, 6.45) is 0.436. The van der Waals surface area contributed by atoms with Crippen LogP contribution in [-0.4, -0.2) is 74.0 Å². The van der Waals surface area contributed by atoms with Crippen molar-refractivity contribution >= 4 is 34.4 Å². The molecule has 198 valence electrons. The Morgan fingerprint density at radius 1 is 1.18 bits per heavy atom. The maximum Gasteiger partial charge on any atom is 0.255 e. The van der Waals surface area contributed by atoms with E-state index in [1.54, 1.807) is 19.2 Å². The molecule has 0 saturated carbocycles. The summed E-state index contributed by atoms with van der Waals surface area (Å²) in [7, 11) is 3.54. The number of imidazole rings is 1. The average Bonchev–Trinajstić information content (AvgIpc) is 3.35. The van der Waals surface area contributed by atoms with Crippen molar-refractivity contribution in [3.05, 3.63) is 71.0 Å². The summed E-state index contributed by atoms with van der Waals surface area (Å²) in [4.78, 5) is 28.0. The van der Waals surface area contributed by atoms with Crippen LogP contribution in [0.3, 0.4) is 0 Å². The van der Waals surface area contributed by atoms with Gasteiger partial charge in [0.25, 0.3) is 5.91 Å². The number of H-pyrrole nitrogens is 1. The van der Waals surface area contributed by atoms with E-state index in [0.29, 0.717) is 67.2 Å². The topological polar surface area (TPSA) is 102 Å². The van der Waals surface area contributed by atoms with Crippen LogP contribution in [0, 0.1) is 0 Å². The van der Waals surface area contributed by atoms with E-state index in [0.717, 1.165) is 22.4 Å². The Balaban J connectivity index is 1.36. The first-order valence-corrected chi connectivity index (χ1v) is 12.9. The van der Waals surface area contributed by atoms with E-state index in [1.165, 1.54) is 0 Å². The summed E-state index contributed by atoms with van der Waals surface area (Å²) < 4.78 is 16.9. The zero-order chi connectivity index (χ0) is 26.5. The van der Waals surface area contributed by atoms with Gasteiger partial charge in [0.2, 0.25) is 0 Å². The number of fused-ring (bicyclic) bond motifs is 1. The van der Waals surface area contributed by atoms with E-state index in [4.69, 9.17) is 30.8 Å². The van der Waals surface area contributed by atoms with Gasteiger partial charge >= 0.3 is 0 Å². The zero-order valence-corrected chi connectivity index (χ0v) is 22.1. The van der Waals surface area contributed by atoms with Gasteiger partial charge in [-0.3, -0.25) is 4.79 Å². The molecule has 4 aromatic rings. The minimum absolute atomic E-state index is 0.108. The highest BCUT2D eigenvalue weighted by Crippen LogP contribution is 2.31. The lowest BCUT2D eigenvalue weighted by Gasteiger charge is -2.29. The van der Waals surface area contributed by atoms with Gasteiger partial charge in [-0.05, 0) is 42.5 Å². The van der Waals surface area contributed by atoms with E-state index < -0.39 is 0 Å². The number of halogens is 1. The fraction of sp³-hybridized carbons (Fsp3) is 0.321. The number of benzene rings is 2. The zero-order valence-electron chi connectivity index (χ0n) is 21.4. The highest BCUT2D eigenvalue weighted by Gasteiger charge is 2.22. The molecule has 0 bridgehead atoms. The number of hydrogen-bond donors (Lipinski definition) is 2. The third-order valence-corrected chi connectivity index (χ3v) is 6.60. The molecule has 38 heavy (non-hydrogen) atoms. The fourth-order valence-corrected chi connectivity index (χ4v) is 4.67. The molecule has 1 unspecified atom stereocenters. The van der Waals surface area contributed by atoms with Crippen LogP contribution in [0.15, 0.2) is 54.6 Å². The number of rotatable bonds is 9. The first kappa shape index (κ1) is 26.0. The number of ether oxygens (including phenoxy) is 3. The number of aromatic nitrogens is 3. The van der Waals surface area contributed by atoms with Crippen molar-refractivity contribution in [1.82, 2.24) is 20.3 Å². The number of carbonyl (C=O) groups is 1. The lowest BCUT2D eigenvalue weighted by atomic mass is 10.1. The number of nitrogens with one attached hydrogen (secondary N) is 2. The molecular formula is C28H30ClN5O4. The highest BCUT2D eigenvalue weighted by atomic mass is 35.5. The van der Waals surface area contributed by atoms with Crippen LogP contribution in [0.25, 0.3) is 22.3 Å². The molecule has 0 spiro atoms. The highest BCUT2D eigenvalue weighted by molar-refractivity contribution is 6.31. The summed E-state index contributed by atoms with van der Waals surface area (Å²) in [5, 5.41) is 3.66. The summed E-state index contributed by atoms with van der Waals surface area (Å²) in [5.74, 6) is 1.82. The smallest absolute Gasteiger partial charge is 0.255 e. The number of amides is 1. The predicted molar refractivity (Wildman–Crippen MR) is 147 cm³/mol. The maximum atomic E-state index is 13.3. The number of likely N-dealkylation sites (N-methyl/N-ethyl adjacent to an activating group) is 1. The number of hydrogen-bond acceptors (Lipinski definition) is 7. The molecule has 2 aromatic heterocycles. The van der Waals surface area contributed by atoms with Gasteiger partial charge in [0.1, 0.15) is 17.4 Å². The van der Waals surface area contributed by atoms with Crippen LogP contribution >= 0.6 is 11.6 Å². The van der Waals surface area contributed by atoms with Crippen molar-refractivity contribution in [3.63, 3.8) is 0 Å². The van der Waals surface area contributed by atoms with E-state index in [2.05, 4.69) is 15.3 Å². The summed E-state index contributed by atoms with van der Waals surface area (Å²) in [5.41, 5.74) is 3.73. The van der Waals surface area contributed by atoms with Crippen molar-refractivity contribution in [3.8, 4) is 17.0 Å². The van der Waals surface area contributed by atoms with Gasteiger partial charge in [-0.2, -0.15) is 0 Å². The Bertz CT molecular complexity index is 1420. The Morgan fingerprint density at radius 3 is 2.87 bits per heavy atom. The Kier molecular flexibility index (Phi) is 8.07. The number of carbonyl (C=O) groups excluding carboxylic acids is 1. The Labute approximate surface area is 226 Å². The molecule has 3 heterocycles. The van der Waals surface area contributed by atoms with Crippen molar-refractivity contribution in [1.29, 1.82) is 0 Å². The molecule has 0 aliphatic carbocycles. The summed E-state index contributed by atoms with van der Waals surface area (Å²) in [6, 6.07) is 16.8.